The fourth-order valence-electron chi connectivity index (χ4n) is 4.96. The van der Waals surface area contributed by atoms with Crippen molar-refractivity contribution in [2.75, 3.05) is 0 Å². The number of nitrogens with two attached hydrogens (primary N) is 1. The van der Waals surface area contributed by atoms with Crippen LogP contribution in [0.1, 0.15) is 46.5 Å². The van der Waals surface area contributed by atoms with Gasteiger partial charge in [0.25, 0.3) is 11.8 Å². The zero-order valence-corrected chi connectivity index (χ0v) is 17.8. The molecule has 5 rings (SSSR count). The summed E-state index contributed by atoms with van der Waals surface area (Å²) in [6, 6.07) is 15.2. The number of rotatable bonds is 6. The largest absolute Gasteiger partial charge is 0.474 e. The van der Waals surface area contributed by atoms with Gasteiger partial charge in [0.05, 0.1) is 5.69 Å². The quantitative estimate of drug-likeness (QED) is 0.623. The molecular weight excluding hydrogens is 406 g/mol. The highest BCUT2D eigenvalue weighted by atomic mass is 16.5. The number of aromatic nitrogens is 3. The summed E-state index contributed by atoms with van der Waals surface area (Å²) >= 11 is 0. The molecule has 8 heteroatoms. The average Bonchev–Trinajstić information content (AvgIpc) is 3.13. The summed E-state index contributed by atoms with van der Waals surface area (Å²) in [6.07, 6.45) is 5.21. The molecule has 164 valence electrons. The Kier molecular flexibility index (Phi) is 4.92. The molecule has 1 aromatic carbocycles. The molecule has 2 fully saturated rings. The fourth-order valence-corrected chi connectivity index (χ4v) is 4.96. The maximum atomic E-state index is 12.7. The van der Waals surface area contributed by atoms with E-state index < -0.39 is 5.91 Å². The van der Waals surface area contributed by atoms with Crippen molar-refractivity contribution in [2.24, 2.45) is 18.2 Å². The molecule has 2 aliphatic carbocycles. The normalized spacial score (nSPS) is 23.8. The molecule has 3 N–H and O–H groups in total. The highest BCUT2D eigenvalue weighted by Gasteiger charge is 2.54. The first-order valence-electron chi connectivity index (χ1n) is 10.7. The lowest BCUT2D eigenvalue weighted by Gasteiger charge is -2.57. The molecule has 2 aromatic heterocycles. The number of hydrogen-bond donors (Lipinski definition) is 2. The first-order chi connectivity index (χ1) is 15.4. The van der Waals surface area contributed by atoms with Gasteiger partial charge in [0, 0.05) is 19.3 Å². The molecule has 0 radical (unpaired) electrons. The number of pyridine rings is 1. The maximum Gasteiger partial charge on any atom is 0.272 e. The van der Waals surface area contributed by atoms with Gasteiger partial charge in [-0.1, -0.05) is 30.3 Å². The first kappa shape index (κ1) is 20.2. The smallest absolute Gasteiger partial charge is 0.272 e. The minimum absolute atomic E-state index is 0.0175. The van der Waals surface area contributed by atoms with Gasteiger partial charge in [-0.3, -0.25) is 14.3 Å². The number of hydrogen-bond acceptors (Lipinski definition) is 5. The summed E-state index contributed by atoms with van der Waals surface area (Å²) in [7, 11) is 1.84. The van der Waals surface area contributed by atoms with Crippen molar-refractivity contribution in [3.05, 3.63) is 66.0 Å². The van der Waals surface area contributed by atoms with E-state index in [9.17, 15) is 9.59 Å². The second-order valence-electron chi connectivity index (χ2n) is 8.85. The van der Waals surface area contributed by atoms with Crippen LogP contribution in [-0.2, 0) is 7.05 Å². The van der Waals surface area contributed by atoms with Crippen molar-refractivity contribution in [1.82, 2.24) is 20.1 Å². The van der Waals surface area contributed by atoms with Crippen LogP contribution in [0.25, 0.3) is 11.3 Å². The van der Waals surface area contributed by atoms with E-state index in [1.807, 2.05) is 43.4 Å². The highest BCUT2D eigenvalue weighted by Crippen LogP contribution is 2.56. The van der Waals surface area contributed by atoms with Crippen LogP contribution in [0, 0.1) is 5.41 Å². The second kappa shape index (κ2) is 7.78. The molecule has 0 bridgehead atoms. The van der Waals surface area contributed by atoms with Crippen LogP contribution in [-0.4, -0.2) is 38.7 Å². The molecule has 2 amide bonds. The van der Waals surface area contributed by atoms with Gasteiger partial charge in [0.15, 0.2) is 5.69 Å². The highest BCUT2D eigenvalue weighted by molar-refractivity contribution is 5.95. The molecule has 1 spiro atoms. The average molecular weight is 431 g/mol. The molecule has 3 aromatic rings. The second-order valence-corrected chi connectivity index (χ2v) is 8.85. The molecule has 0 atom stereocenters. The Bertz CT molecular complexity index is 1160. The maximum absolute atomic E-state index is 12.7. The predicted molar refractivity (Wildman–Crippen MR) is 118 cm³/mol. The summed E-state index contributed by atoms with van der Waals surface area (Å²) in [5, 5.41) is 7.50. The molecule has 2 aliphatic rings. The lowest BCUT2D eigenvalue weighted by Crippen LogP contribution is -2.58. The zero-order chi connectivity index (χ0) is 22.3. The minimum Gasteiger partial charge on any atom is -0.474 e. The van der Waals surface area contributed by atoms with Crippen LogP contribution in [0.4, 0.5) is 0 Å². The van der Waals surface area contributed by atoms with Gasteiger partial charge in [-0.25, -0.2) is 4.98 Å². The van der Waals surface area contributed by atoms with Crippen LogP contribution >= 0.6 is 0 Å². The van der Waals surface area contributed by atoms with E-state index in [1.54, 1.807) is 23.0 Å². The number of nitrogens with one attached hydrogen (secondary N) is 1. The SMILES string of the molecule is Cn1nc(C(=O)NC2CC3(C2)CC(Oc2ncccc2C(N)=O)C3)cc1-c1ccccc1. The van der Waals surface area contributed by atoms with E-state index in [2.05, 4.69) is 15.4 Å². The number of aryl methyl sites for hydroxylation is 1. The molecule has 8 nitrogen and oxygen atoms in total. The molecule has 0 aliphatic heterocycles. The Labute approximate surface area is 185 Å². The van der Waals surface area contributed by atoms with Crippen LogP contribution in [0.3, 0.4) is 0 Å². The van der Waals surface area contributed by atoms with Crippen molar-refractivity contribution >= 4 is 11.8 Å². The molecule has 0 unspecified atom stereocenters. The van der Waals surface area contributed by atoms with Gasteiger partial charge < -0.3 is 15.8 Å². The Hall–Kier alpha value is -3.68. The third-order valence-electron chi connectivity index (χ3n) is 6.51. The van der Waals surface area contributed by atoms with Gasteiger partial charge in [-0.05, 0) is 54.9 Å². The van der Waals surface area contributed by atoms with Gasteiger partial charge >= 0.3 is 0 Å². The fraction of sp³-hybridized carbons (Fsp3) is 0.333. The van der Waals surface area contributed by atoms with Crippen LogP contribution in [0.5, 0.6) is 5.88 Å². The van der Waals surface area contributed by atoms with Crippen molar-refractivity contribution in [1.29, 1.82) is 0 Å². The van der Waals surface area contributed by atoms with E-state index in [0.29, 0.717) is 17.1 Å². The zero-order valence-electron chi connectivity index (χ0n) is 17.8. The summed E-state index contributed by atoms with van der Waals surface area (Å²) < 4.78 is 7.64. The summed E-state index contributed by atoms with van der Waals surface area (Å²) in [4.78, 5) is 28.4. The monoisotopic (exact) mass is 431 g/mol. The third kappa shape index (κ3) is 3.72. The lowest BCUT2D eigenvalue weighted by molar-refractivity contribution is -0.0848. The van der Waals surface area contributed by atoms with Gasteiger partial charge in [-0.2, -0.15) is 5.10 Å². The number of benzene rings is 1. The summed E-state index contributed by atoms with van der Waals surface area (Å²) in [5.41, 5.74) is 8.25. The van der Waals surface area contributed by atoms with Gasteiger partial charge in [0.2, 0.25) is 5.88 Å². The predicted octanol–water partition coefficient (Wildman–Crippen LogP) is 2.70. The van der Waals surface area contributed by atoms with Crippen molar-refractivity contribution in [3.8, 4) is 17.1 Å². The van der Waals surface area contributed by atoms with E-state index in [0.717, 1.165) is 36.9 Å². The topological polar surface area (TPSA) is 112 Å². The number of amides is 2. The van der Waals surface area contributed by atoms with Crippen LogP contribution in [0.15, 0.2) is 54.7 Å². The Morgan fingerprint density at radius 3 is 2.59 bits per heavy atom. The number of primary amides is 1. The molecular formula is C24H25N5O3. The van der Waals surface area contributed by atoms with Crippen LogP contribution in [0.2, 0.25) is 0 Å². The number of carbonyl (C=O) groups is 2. The number of carbonyl (C=O) groups excluding carboxylic acids is 2. The summed E-state index contributed by atoms with van der Waals surface area (Å²) in [5.74, 6) is -0.388. The molecule has 32 heavy (non-hydrogen) atoms. The third-order valence-corrected chi connectivity index (χ3v) is 6.51. The number of nitrogens with zero attached hydrogens (tertiary/aromatic N) is 3. The molecule has 2 saturated carbocycles. The first-order valence-corrected chi connectivity index (χ1v) is 10.7. The van der Waals surface area contributed by atoms with Crippen molar-refractivity contribution in [3.63, 3.8) is 0 Å². The Morgan fingerprint density at radius 1 is 1.12 bits per heavy atom. The summed E-state index contributed by atoms with van der Waals surface area (Å²) in [6.45, 7) is 0. The van der Waals surface area contributed by atoms with E-state index in [4.69, 9.17) is 10.5 Å². The Morgan fingerprint density at radius 2 is 1.88 bits per heavy atom. The van der Waals surface area contributed by atoms with E-state index >= 15 is 0 Å². The van der Waals surface area contributed by atoms with E-state index in [-0.39, 0.29) is 23.5 Å². The van der Waals surface area contributed by atoms with Crippen molar-refractivity contribution < 1.29 is 14.3 Å². The Balaban J connectivity index is 1.13. The number of ether oxygens (including phenoxy) is 1. The van der Waals surface area contributed by atoms with Crippen molar-refractivity contribution in [2.45, 2.75) is 37.8 Å². The van der Waals surface area contributed by atoms with Gasteiger partial charge in [-0.15, -0.1) is 0 Å². The molecule has 0 saturated heterocycles. The van der Waals surface area contributed by atoms with E-state index in [1.165, 1.54) is 0 Å². The van der Waals surface area contributed by atoms with Gasteiger partial charge in [0.1, 0.15) is 11.7 Å². The minimum atomic E-state index is -0.543. The lowest BCUT2D eigenvalue weighted by atomic mass is 9.53. The molecule has 2 heterocycles. The standard InChI is InChI=1S/C24H25N5O3/c1-29-20(15-6-3-2-4-7-15)10-19(28-29)22(31)27-16-11-24(12-16)13-17(14-24)32-23-18(21(25)30)8-5-9-26-23/h2-10,16-17H,11-14H2,1H3,(H2,25,30)(H,27,31). The van der Waals surface area contributed by atoms with Crippen LogP contribution < -0.4 is 15.8 Å².